The number of ether oxygens (including phenoxy) is 1. The van der Waals surface area contributed by atoms with Crippen molar-refractivity contribution >= 4 is 47.1 Å². The van der Waals surface area contributed by atoms with Gasteiger partial charge in [-0.3, -0.25) is 19.4 Å². The highest BCUT2D eigenvalue weighted by Crippen LogP contribution is 2.48. The number of piperidine rings is 2. The van der Waals surface area contributed by atoms with Gasteiger partial charge in [0.25, 0.3) is 11.8 Å². The number of benzene rings is 1. The fourth-order valence-electron chi connectivity index (χ4n) is 8.79. The van der Waals surface area contributed by atoms with Crippen molar-refractivity contribution in [2.24, 2.45) is 10.4 Å². The summed E-state index contributed by atoms with van der Waals surface area (Å²) in [6.07, 6.45) is -4.53. The van der Waals surface area contributed by atoms with Gasteiger partial charge in [0.1, 0.15) is 16.3 Å². The zero-order valence-corrected chi connectivity index (χ0v) is 34.1. The molecular weight excluding hydrogens is 809 g/mol. The van der Waals surface area contributed by atoms with Crippen LogP contribution in [0.3, 0.4) is 0 Å². The first-order chi connectivity index (χ1) is 27.3. The first-order valence-electron chi connectivity index (χ1n) is 19.8. The largest absolute Gasteiger partial charge is 0.481 e. The molecule has 6 rings (SSSR count). The van der Waals surface area contributed by atoms with Gasteiger partial charge in [-0.2, -0.15) is 26.3 Å². The lowest BCUT2D eigenvalue weighted by atomic mass is 9.66. The molecule has 17 heteroatoms. The number of carboxylic acid groups (broad SMARTS) is 1. The third kappa shape index (κ3) is 8.96. The number of nitrogens with zero attached hydrogens (tertiary/aromatic N) is 3. The third-order valence-corrected chi connectivity index (χ3v) is 14.4. The van der Waals surface area contributed by atoms with E-state index >= 15 is 4.79 Å². The molecule has 3 atom stereocenters. The highest BCUT2D eigenvalue weighted by Gasteiger charge is 2.57. The Morgan fingerprint density at radius 2 is 1.72 bits per heavy atom. The van der Waals surface area contributed by atoms with Crippen molar-refractivity contribution in [2.75, 3.05) is 19.6 Å². The second kappa shape index (κ2) is 17.2. The number of aliphatic hydroxyl groups is 1. The first kappa shape index (κ1) is 44.0. The molecule has 2 saturated heterocycles. The van der Waals surface area contributed by atoms with Crippen LogP contribution in [0, 0.1) is 5.41 Å². The summed E-state index contributed by atoms with van der Waals surface area (Å²) in [7, 11) is 0. The molecule has 3 fully saturated rings. The van der Waals surface area contributed by atoms with Crippen LogP contribution < -0.4 is 4.74 Å². The molecule has 4 aliphatic rings. The Morgan fingerprint density at radius 1 is 1.02 bits per heavy atom. The quantitative estimate of drug-likeness (QED) is 0.152. The molecule has 1 aliphatic carbocycles. The second-order valence-electron chi connectivity index (χ2n) is 15.9. The number of carboxylic acids is 1. The number of thiophene rings is 1. The van der Waals surface area contributed by atoms with Gasteiger partial charge in [-0.15, -0.1) is 23.1 Å². The molecule has 0 radical (unpaired) electrons. The number of alkyl halides is 6. The molecule has 0 spiro atoms. The van der Waals surface area contributed by atoms with E-state index in [1.807, 2.05) is 31.2 Å². The van der Waals surface area contributed by atoms with Crippen molar-refractivity contribution in [1.29, 1.82) is 0 Å². The van der Waals surface area contributed by atoms with Gasteiger partial charge in [0.15, 0.2) is 0 Å². The predicted molar refractivity (Wildman–Crippen MR) is 208 cm³/mol. The molecule has 1 saturated carbocycles. The Hall–Kier alpha value is -3.57. The van der Waals surface area contributed by atoms with Gasteiger partial charge < -0.3 is 24.7 Å². The van der Waals surface area contributed by atoms with E-state index in [1.165, 1.54) is 16.0 Å². The summed E-state index contributed by atoms with van der Waals surface area (Å²) in [5.41, 5.74) is -5.18. The Kier molecular flexibility index (Phi) is 13.0. The number of carbonyl (C=O) groups excluding carboxylic acids is 2. The molecule has 1 aromatic heterocycles. The van der Waals surface area contributed by atoms with Crippen molar-refractivity contribution in [3.63, 3.8) is 0 Å². The highest BCUT2D eigenvalue weighted by atomic mass is 32.2. The Bertz CT molecular complexity index is 1900. The van der Waals surface area contributed by atoms with Crippen LogP contribution in [0.15, 0.2) is 56.9 Å². The van der Waals surface area contributed by atoms with E-state index in [9.17, 15) is 46.1 Å². The molecule has 58 heavy (non-hydrogen) atoms. The van der Waals surface area contributed by atoms with Gasteiger partial charge in [-0.1, -0.05) is 44.9 Å². The molecule has 318 valence electrons. The van der Waals surface area contributed by atoms with Crippen LogP contribution in [-0.4, -0.2) is 86.7 Å². The van der Waals surface area contributed by atoms with Crippen LogP contribution in [-0.2, 0) is 26.2 Å². The molecule has 2 N–H and O–H groups in total. The molecule has 0 bridgehead atoms. The number of allylic oxidation sites excluding steroid dienone is 1. The highest BCUT2D eigenvalue weighted by molar-refractivity contribution is 8.00. The summed E-state index contributed by atoms with van der Waals surface area (Å²) >= 11 is 1.93. The lowest BCUT2D eigenvalue weighted by Crippen LogP contribution is -2.68. The predicted octanol–water partition coefficient (Wildman–Crippen LogP) is 9.38. The van der Waals surface area contributed by atoms with Gasteiger partial charge in [0.2, 0.25) is 5.60 Å². The fraction of sp³-hybridized carbons (Fsp3) is 0.610. The maximum absolute atomic E-state index is 15.0. The van der Waals surface area contributed by atoms with E-state index in [-0.39, 0.29) is 69.2 Å². The van der Waals surface area contributed by atoms with Gasteiger partial charge in [0.05, 0.1) is 22.6 Å². The lowest BCUT2D eigenvalue weighted by Gasteiger charge is -2.51. The minimum atomic E-state index is -4.83. The average Bonchev–Trinajstić information content (AvgIpc) is 3.64. The minimum Gasteiger partial charge on any atom is -0.481 e. The van der Waals surface area contributed by atoms with Crippen LogP contribution in [0.4, 0.5) is 26.3 Å². The van der Waals surface area contributed by atoms with E-state index < -0.39 is 75.4 Å². The van der Waals surface area contributed by atoms with Crippen molar-refractivity contribution < 1.29 is 55.7 Å². The molecule has 2 amide bonds. The topological polar surface area (TPSA) is 120 Å². The lowest BCUT2D eigenvalue weighted by molar-refractivity contribution is -0.168. The number of rotatable bonds is 13. The SMILES string of the molecule is CCCC1N(C(=O)C2=C(C(F)(F)F)CCC=N2)CCCC1(Oc1csc(C(F)(F)F)c1)C(=O)N1CCC(O)(c2ccccc2SC(C)CCC2(C(=O)O)CCC2)CC1. The maximum Gasteiger partial charge on any atom is 0.425 e. The third-order valence-electron chi connectivity index (χ3n) is 12.2. The molecule has 1 aromatic carbocycles. The van der Waals surface area contributed by atoms with Crippen molar-refractivity contribution in [1.82, 2.24) is 9.80 Å². The molecule has 2 aromatic rings. The van der Waals surface area contributed by atoms with Crippen molar-refractivity contribution in [3.05, 3.63) is 57.4 Å². The number of thioether (sulfide) groups is 1. The number of carbonyl (C=O) groups is 3. The number of hydrogen-bond donors (Lipinski definition) is 2. The number of hydrogen-bond acceptors (Lipinski definition) is 8. The smallest absolute Gasteiger partial charge is 0.425 e. The average molecular weight is 858 g/mol. The normalized spacial score (nSPS) is 24.0. The summed E-state index contributed by atoms with van der Waals surface area (Å²) in [5.74, 6) is -2.65. The number of aliphatic carboxylic acids is 1. The Balaban J connectivity index is 1.27. The number of likely N-dealkylation sites (tertiary alicyclic amines) is 2. The van der Waals surface area contributed by atoms with Gasteiger partial charge in [-0.05, 0) is 75.8 Å². The standard InChI is InChI=1S/C41H49F6N3O6S2/c1-3-9-31-39(56-27-24-32(57-25-27)41(45,46)47,16-8-21-50(31)34(51)33-29(40(42,43)44)11-6-20-48-33)35(52)49-22-18-38(55,19-23-49)28-10-4-5-12-30(28)58-26(2)13-17-37(36(53)54)14-7-15-37/h4-5,10,12,20,24-26,31,55H,3,6-9,11,13-19,21-23H2,1-2H3,(H,53,54). The summed E-state index contributed by atoms with van der Waals surface area (Å²) < 4.78 is 90.0. The van der Waals surface area contributed by atoms with E-state index in [1.54, 1.807) is 18.7 Å². The van der Waals surface area contributed by atoms with E-state index in [0.717, 1.165) is 22.8 Å². The van der Waals surface area contributed by atoms with E-state index in [4.69, 9.17) is 4.74 Å². The van der Waals surface area contributed by atoms with Crippen LogP contribution >= 0.6 is 23.1 Å². The molecule has 9 nitrogen and oxygen atoms in total. The van der Waals surface area contributed by atoms with Crippen LogP contribution in [0.1, 0.15) is 108 Å². The Labute approximate surface area is 341 Å². The van der Waals surface area contributed by atoms with Crippen LogP contribution in [0.2, 0.25) is 0 Å². The van der Waals surface area contributed by atoms with Gasteiger partial charge in [-0.25, -0.2) is 0 Å². The van der Waals surface area contributed by atoms with Gasteiger partial charge >= 0.3 is 18.3 Å². The van der Waals surface area contributed by atoms with Crippen LogP contribution in [0.25, 0.3) is 0 Å². The summed E-state index contributed by atoms with van der Waals surface area (Å²) in [6, 6.07) is 7.04. The fourth-order valence-corrected chi connectivity index (χ4v) is 10.7. The zero-order valence-electron chi connectivity index (χ0n) is 32.5. The summed E-state index contributed by atoms with van der Waals surface area (Å²) in [5, 5.41) is 23.1. The number of halogens is 6. The molecule has 3 unspecified atom stereocenters. The monoisotopic (exact) mass is 857 g/mol. The first-order valence-corrected chi connectivity index (χ1v) is 21.6. The number of amides is 2. The molecule has 3 aliphatic heterocycles. The van der Waals surface area contributed by atoms with Crippen molar-refractivity contribution in [2.45, 2.75) is 137 Å². The molecular formula is C41H49F6N3O6S2. The van der Waals surface area contributed by atoms with E-state index in [2.05, 4.69) is 4.99 Å². The van der Waals surface area contributed by atoms with Gasteiger partial charge in [0, 0.05) is 53.9 Å². The maximum atomic E-state index is 15.0. The van der Waals surface area contributed by atoms with Crippen LogP contribution in [0.5, 0.6) is 5.75 Å². The van der Waals surface area contributed by atoms with E-state index in [0.29, 0.717) is 49.0 Å². The summed E-state index contributed by atoms with van der Waals surface area (Å²) in [6.45, 7) is 3.82. The Morgan fingerprint density at radius 3 is 2.33 bits per heavy atom. The molecule has 4 heterocycles. The zero-order chi connectivity index (χ0) is 42.1. The number of aliphatic imine (C=N–C) groups is 1. The van der Waals surface area contributed by atoms with Crippen molar-refractivity contribution in [3.8, 4) is 5.75 Å². The second-order valence-corrected chi connectivity index (χ2v) is 18.3. The summed E-state index contributed by atoms with van der Waals surface area (Å²) in [4.78, 5) is 47.5. The minimum absolute atomic E-state index is 0.00778.